The van der Waals surface area contributed by atoms with Crippen LogP contribution in [0.4, 0.5) is 8.78 Å². The van der Waals surface area contributed by atoms with Crippen LogP contribution in [0.1, 0.15) is 10.4 Å². The summed E-state index contributed by atoms with van der Waals surface area (Å²) >= 11 is 0. The summed E-state index contributed by atoms with van der Waals surface area (Å²) in [6.45, 7) is -1.78. The van der Waals surface area contributed by atoms with Crippen LogP contribution in [-0.4, -0.2) is 50.5 Å². The number of amides is 1. The van der Waals surface area contributed by atoms with E-state index in [4.69, 9.17) is 4.74 Å². The highest BCUT2D eigenvalue weighted by atomic mass is 35.5. The number of alkyl halides is 2. The molecule has 2 rings (SSSR count). The van der Waals surface area contributed by atoms with Gasteiger partial charge in [-0.3, -0.25) is 4.79 Å². The number of aliphatic hydroxyl groups is 1. The molecule has 1 saturated heterocycles. The lowest BCUT2D eigenvalue weighted by Gasteiger charge is -2.16. The summed E-state index contributed by atoms with van der Waals surface area (Å²) in [4.78, 5) is 12.2. The Hall–Kier alpha value is -1.64. The Balaban J connectivity index is 0.00000264. The summed E-state index contributed by atoms with van der Waals surface area (Å²) in [5, 5.41) is 15.3. The van der Waals surface area contributed by atoms with Crippen LogP contribution in [0.2, 0.25) is 0 Å². The fraction of sp³-hybridized carbons (Fsp3) is 0.500. The van der Waals surface area contributed by atoms with Gasteiger partial charge >= 0.3 is 6.61 Å². The van der Waals surface area contributed by atoms with Gasteiger partial charge in [-0.25, -0.2) is 0 Å². The Kier molecular flexibility index (Phi) is 7.47. The average molecular weight is 353 g/mol. The molecule has 1 aliphatic heterocycles. The normalized spacial score (nSPS) is 20.0. The number of ether oxygens (including phenoxy) is 2. The summed E-state index contributed by atoms with van der Waals surface area (Å²) in [6.07, 6.45) is -0.539. The van der Waals surface area contributed by atoms with Gasteiger partial charge in [0.05, 0.1) is 18.8 Å². The van der Waals surface area contributed by atoms with Gasteiger partial charge in [0.25, 0.3) is 5.91 Å². The number of benzene rings is 1. The van der Waals surface area contributed by atoms with E-state index in [1.54, 1.807) is 0 Å². The van der Waals surface area contributed by atoms with Crippen LogP contribution in [-0.2, 0) is 0 Å². The average Bonchev–Trinajstić information content (AvgIpc) is 2.89. The van der Waals surface area contributed by atoms with Crippen molar-refractivity contribution in [3.8, 4) is 11.5 Å². The van der Waals surface area contributed by atoms with Crippen molar-refractivity contribution in [3.05, 3.63) is 23.8 Å². The van der Waals surface area contributed by atoms with Crippen LogP contribution in [0.3, 0.4) is 0 Å². The first-order valence-electron chi connectivity index (χ1n) is 6.81. The van der Waals surface area contributed by atoms with Gasteiger partial charge in [0, 0.05) is 25.6 Å². The number of nitrogens with one attached hydrogen (secondary N) is 2. The number of rotatable bonds is 6. The molecule has 0 radical (unpaired) electrons. The van der Waals surface area contributed by atoms with E-state index >= 15 is 0 Å². The lowest BCUT2D eigenvalue weighted by atomic mass is 10.1. The van der Waals surface area contributed by atoms with E-state index < -0.39 is 18.6 Å². The maximum atomic E-state index is 12.5. The highest BCUT2D eigenvalue weighted by Crippen LogP contribution is 2.32. The Morgan fingerprint density at radius 3 is 2.78 bits per heavy atom. The second kappa shape index (κ2) is 8.85. The minimum atomic E-state index is -3.07. The van der Waals surface area contributed by atoms with Gasteiger partial charge in [0.2, 0.25) is 0 Å². The van der Waals surface area contributed by atoms with E-state index in [1.807, 2.05) is 0 Å². The minimum absolute atomic E-state index is 0. The highest BCUT2D eigenvalue weighted by molar-refractivity contribution is 5.97. The van der Waals surface area contributed by atoms with E-state index in [2.05, 4.69) is 15.4 Å². The van der Waals surface area contributed by atoms with Gasteiger partial charge in [-0.15, -0.1) is 12.4 Å². The van der Waals surface area contributed by atoms with Crippen molar-refractivity contribution in [2.45, 2.75) is 12.7 Å². The SMILES string of the molecule is COc1cccc(C(=O)NCC2CNCC2O)c1OC(F)F.Cl. The summed E-state index contributed by atoms with van der Waals surface area (Å²) in [5.74, 6) is -0.930. The molecule has 130 valence electrons. The molecule has 1 amide bonds. The molecule has 1 heterocycles. The van der Waals surface area contributed by atoms with Gasteiger partial charge in [-0.05, 0) is 12.1 Å². The van der Waals surface area contributed by atoms with Gasteiger partial charge in [-0.1, -0.05) is 6.07 Å². The van der Waals surface area contributed by atoms with Crippen molar-refractivity contribution < 1.29 is 28.2 Å². The maximum Gasteiger partial charge on any atom is 0.387 e. The third-order valence-corrected chi connectivity index (χ3v) is 3.48. The summed E-state index contributed by atoms with van der Waals surface area (Å²) in [5.41, 5.74) is -0.0416. The monoisotopic (exact) mass is 352 g/mol. The van der Waals surface area contributed by atoms with Crippen LogP contribution in [0.5, 0.6) is 11.5 Å². The molecule has 23 heavy (non-hydrogen) atoms. The van der Waals surface area contributed by atoms with E-state index in [1.165, 1.54) is 25.3 Å². The molecule has 0 saturated carbocycles. The highest BCUT2D eigenvalue weighted by Gasteiger charge is 2.26. The van der Waals surface area contributed by atoms with Gasteiger partial charge in [0.15, 0.2) is 11.5 Å². The zero-order valence-corrected chi connectivity index (χ0v) is 13.2. The molecule has 2 atom stereocenters. The molecule has 0 aromatic heterocycles. The fourth-order valence-electron chi connectivity index (χ4n) is 2.31. The fourth-order valence-corrected chi connectivity index (χ4v) is 2.31. The number of halogens is 3. The third-order valence-electron chi connectivity index (χ3n) is 3.48. The van der Waals surface area contributed by atoms with Crippen molar-refractivity contribution in [1.82, 2.24) is 10.6 Å². The Bertz CT molecular complexity index is 533. The van der Waals surface area contributed by atoms with Crippen LogP contribution in [0.15, 0.2) is 18.2 Å². The zero-order valence-electron chi connectivity index (χ0n) is 12.4. The first-order chi connectivity index (χ1) is 10.5. The zero-order chi connectivity index (χ0) is 16.1. The topological polar surface area (TPSA) is 79.8 Å². The summed E-state index contributed by atoms with van der Waals surface area (Å²) in [6, 6.07) is 4.32. The summed E-state index contributed by atoms with van der Waals surface area (Å²) in [7, 11) is 1.30. The first kappa shape index (κ1) is 19.4. The van der Waals surface area contributed by atoms with Gasteiger partial charge in [-0.2, -0.15) is 8.78 Å². The predicted molar refractivity (Wildman–Crippen MR) is 81.6 cm³/mol. The molecule has 6 nitrogen and oxygen atoms in total. The molecule has 1 aromatic carbocycles. The molecule has 1 aliphatic rings. The maximum absolute atomic E-state index is 12.5. The molecule has 0 spiro atoms. The molecular formula is C14H19ClF2N2O4. The number of hydrogen-bond donors (Lipinski definition) is 3. The van der Waals surface area contributed by atoms with Crippen molar-refractivity contribution in [2.24, 2.45) is 5.92 Å². The molecule has 1 fully saturated rings. The second-order valence-corrected chi connectivity index (χ2v) is 4.91. The predicted octanol–water partition coefficient (Wildman–Crippen LogP) is 1.03. The quantitative estimate of drug-likeness (QED) is 0.712. The molecular weight excluding hydrogens is 334 g/mol. The van der Waals surface area contributed by atoms with Crippen LogP contribution in [0, 0.1) is 5.92 Å². The number of methoxy groups -OCH3 is 1. The smallest absolute Gasteiger partial charge is 0.387 e. The van der Waals surface area contributed by atoms with Crippen LogP contribution < -0.4 is 20.1 Å². The van der Waals surface area contributed by atoms with E-state index in [0.29, 0.717) is 13.1 Å². The number of aliphatic hydroxyl groups excluding tert-OH is 1. The Labute approximate surface area is 138 Å². The van der Waals surface area contributed by atoms with Crippen LogP contribution >= 0.6 is 12.4 Å². The first-order valence-corrected chi connectivity index (χ1v) is 6.81. The summed E-state index contributed by atoms with van der Waals surface area (Å²) < 4.78 is 34.4. The van der Waals surface area contributed by atoms with E-state index in [0.717, 1.165) is 0 Å². The number of hydrogen-bond acceptors (Lipinski definition) is 5. The van der Waals surface area contributed by atoms with E-state index in [-0.39, 0.29) is 41.9 Å². The van der Waals surface area contributed by atoms with Crippen molar-refractivity contribution in [1.29, 1.82) is 0 Å². The van der Waals surface area contributed by atoms with E-state index in [9.17, 15) is 18.7 Å². The number of β-amino-alcohol motifs (C(OH)–C–C–N with tert-alkyl or cyclic N) is 1. The Morgan fingerprint density at radius 2 is 2.22 bits per heavy atom. The lowest BCUT2D eigenvalue weighted by molar-refractivity contribution is -0.0515. The molecule has 1 aromatic rings. The number of para-hydroxylation sites is 1. The standard InChI is InChI=1S/C14H18F2N2O4.ClH/c1-21-11-4-2-3-9(12(11)22-14(15)16)13(20)18-6-8-5-17-7-10(8)19;/h2-4,8,10,14,17,19H,5-7H2,1H3,(H,18,20);1H. The largest absolute Gasteiger partial charge is 0.493 e. The Morgan fingerprint density at radius 1 is 1.48 bits per heavy atom. The molecule has 3 N–H and O–H groups in total. The third kappa shape index (κ3) is 4.92. The van der Waals surface area contributed by atoms with Gasteiger partial charge in [0.1, 0.15) is 0 Å². The van der Waals surface area contributed by atoms with Crippen molar-refractivity contribution >= 4 is 18.3 Å². The minimum Gasteiger partial charge on any atom is -0.493 e. The van der Waals surface area contributed by atoms with Gasteiger partial charge < -0.3 is 25.2 Å². The van der Waals surface area contributed by atoms with Crippen molar-refractivity contribution in [2.75, 3.05) is 26.7 Å². The lowest BCUT2D eigenvalue weighted by Crippen LogP contribution is -2.34. The van der Waals surface area contributed by atoms with Crippen molar-refractivity contribution in [3.63, 3.8) is 0 Å². The number of carbonyl (C=O) groups is 1. The number of carbonyl (C=O) groups excluding carboxylic acids is 1. The second-order valence-electron chi connectivity index (χ2n) is 4.91. The molecule has 0 bridgehead atoms. The molecule has 9 heteroatoms. The molecule has 0 aliphatic carbocycles. The molecule has 2 unspecified atom stereocenters. The van der Waals surface area contributed by atoms with Crippen LogP contribution in [0.25, 0.3) is 0 Å².